The molecule has 1 aromatic rings. The average Bonchev–Trinajstić information content (AvgIpc) is 2.39. The Labute approximate surface area is 109 Å². The number of nitrogens with zero attached hydrogens (tertiary/aromatic N) is 2. The number of nitrogens with one attached hydrogen (secondary N) is 1. The average molecular weight is 246 g/mol. The second-order valence-electron chi connectivity index (χ2n) is 4.47. The van der Waals surface area contributed by atoms with Gasteiger partial charge in [0.25, 0.3) is 0 Å². The fourth-order valence-electron chi connectivity index (χ4n) is 1.82. The molecule has 18 heavy (non-hydrogen) atoms. The van der Waals surface area contributed by atoms with Gasteiger partial charge in [-0.2, -0.15) is 5.26 Å². The zero-order chi connectivity index (χ0) is 13.2. The Morgan fingerprint density at radius 2 is 2.00 bits per heavy atom. The zero-order valence-electron chi connectivity index (χ0n) is 11.1. The molecule has 0 atom stereocenters. The number of hydrogen-bond donors (Lipinski definition) is 2. The second kappa shape index (κ2) is 8.35. The monoisotopic (exact) mass is 246 g/mol. The Kier molecular flexibility index (Phi) is 6.63. The van der Waals surface area contributed by atoms with Crippen LogP contribution in [0.5, 0.6) is 0 Å². The molecule has 0 unspecified atom stereocenters. The number of hydrogen-bond acceptors (Lipinski definition) is 4. The largest absolute Gasteiger partial charge is 0.397 e. The number of aromatic nitrogens is 1. The van der Waals surface area contributed by atoms with Crippen molar-refractivity contribution in [3.8, 4) is 6.07 Å². The summed E-state index contributed by atoms with van der Waals surface area (Å²) in [6.45, 7) is 3.08. The maximum Gasteiger partial charge on any atom is 0.144 e. The molecule has 3 N–H and O–H groups in total. The van der Waals surface area contributed by atoms with Crippen LogP contribution in [-0.4, -0.2) is 11.5 Å². The highest BCUT2D eigenvalue weighted by Crippen LogP contribution is 2.14. The van der Waals surface area contributed by atoms with Gasteiger partial charge in [0.1, 0.15) is 11.9 Å². The van der Waals surface area contributed by atoms with Gasteiger partial charge in [-0.15, -0.1) is 0 Å². The molecular weight excluding hydrogens is 224 g/mol. The summed E-state index contributed by atoms with van der Waals surface area (Å²) in [6.07, 6.45) is 9.12. The Balaban J connectivity index is 2.25. The van der Waals surface area contributed by atoms with Crippen molar-refractivity contribution in [1.29, 1.82) is 5.26 Å². The predicted octanol–water partition coefficient (Wildman–Crippen LogP) is 3.31. The maximum atomic E-state index is 8.96. The van der Waals surface area contributed by atoms with Gasteiger partial charge in [-0.1, -0.05) is 39.0 Å². The molecule has 0 aromatic carbocycles. The van der Waals surface area contributed by atoms with Gasteiger partial charge in [0.15, 0.2) is 0 Å². The number of unbranched alkanes of at least 4 members (excludes halogenated alkanes) is 5. The number of pyridine rings is 1. The summed E-state index contributed by atoms with van der Waals surface area (Å²) in [5.74, 6) is 0.639. The van der Waals surface area contributed by atoms with Gasteiger partial charge >= 0.3 is 0 Å². The van der Waals surface area contributed by atoms with Gasteiger partial charge in [0.05, 0.1) is 17.4 Å². The van der Waals surface area contributed by atoms with Crippen molar-refractivity contribution in [2.75, 3.05) is 17.6 Å². The third-order valence-corrected chi connectivity index (χ3v) is 2.85. The lowest BCUT2D eigenvalue weighted by Crippen LogP contribution is -2.05. The molecule has 98 valence electrons. The van der Waals surface area contributed by atoms with E-state index in [1.54, 1.807) is 12.3 Å². The highest BCUT2D eigenvalue weighted by Gasteiger charge is 2.02. The first-order valence-electron chi connectivity index (χ1n) is 6.67. The van der Waals surface area contributed by atoms with Crippen LogP contribution in [0.1, 0.15) is 51.0 Å². The van der Waals surface area contributed by atoms with Crippen LogP contribution < -0.4 is 11.1 Å². The number of anilines is 2. The smallest absolute Gasteiger partial charge is 0.144 e. The molecule has 0 aliphatic carbocycles. The van der Waals surface area contributed by atoms with Crippen LogP contribution in [0, 0.1) is 11.3 Å². The fourth-order valence-corrected chi connectivity index (χ4v) is 1.82. The van der Waals surface area contributed by atoms with Crippen LogP contribution in [0.3, 0.4) is 0 Å². The molecule has 4 nitrogen and oxygen atoms in total. The molecule has 4 heteroatoms. The molecular formula is C14H22N4. The summed E-state index contributed by atoms with van der Waals surface area (Å²) in [4.78, 5) is 4.14. The van der Waals surface area contributed by atoms with E-state index in [0.29, 0.717) is 17.1 Å². The van der Waals surface area contributed by atoms with E-state index >= 15 is 0 Å². The summed E-state index contributed by atoms with van der Waals surface area (Å²) in [6, 6.07) is 3.75. The number of nitrogens with two attached hydrogens (primary N) is 1. The van der Waals surface area contributed by atoms with Gasteiger partial charge in [-0.05, 0) is 12.5 Å². The Bertz CT molecular complexity index is 395. The van der Waals surface area contributed by atoms with E-state index in [9.17, 15) is 0 Å². The first kappa shape index (κ1) is 14.3. The van der Waals surface area contributed by atoms with Crippen molar-refractivity contribution >= 4 is 11.5 Å². The molecule has 0 radical (unpaired) electrons. The van der Waals surface area contributed by atoms with E-state index in [-0.39, 0.29) is 0 Å². The molecule has 1 heterocycles. The first-order chi connectivity index (χ1) is 8.77. The van der Waals surface area contributed by atoms with Gasteiger partial charge in [0.2, 0.25) is 0 Å². The van der Waals surface area contributed by atoms with Crippen LogP contribution in [0.15, 0.2) is 12.3 Å². The Morgan fingerprint density at radius 3 is 2.72 bits per heavy atom. The molecule has 0 saturated heterocycles. The number of nitriles is 1. The van der Waals surface area contributed by atoms with Crippen molar-refractivity contribution in [3.63, 3.8) is 0 Å². The Hall–Kier alpha value is -1.76. The van der Waals surface area contributed by atoms with Gasteiger partial charge < -0.3 is 11.1 Å². The third kappa shape index (κ3) is 5.05. The zero-order valence-corrected chi connectivity index (χ0v) is 11.1. The van der Waals surface area contributed by atoms with Crippen molar-refractivity contribution in [1.82, 2.24) is 4.98 Å². The third-order valence-electron chi connectivity index (χ3n) is 2.85. The summed E-state index contributed by atoms with van der Waals surface area (Å²) >= 11 is 0. The molecule has 0 fully saturated rings. The van der Waals surface area contributed by atoms with Gasteiger partial charge in [-0.25, -0.2) is 4.98 Å². The molecule has 0 aliphatic heterocycles. The summed E-state index contributed by atoms with van der Waals surface area (Å²) in [5.41, 5.74) is 6.62. The van der Waals surface area contributed by atoms with Crippen LogP contribution in [0.25, 0.3) is 0 Å². The van der Waals surface area contributed by atoms with Crippen molar-refractivity contribution in [2.24, 2.45) is 0 Å². The second-order valence-corrected chi connectivity index (χ2v) is 4.47. The minimum absolute atomic E-state index is 0.515. The van der Waals surface area contributed by atoms with E-state index in [4.69, 9.17) is 11.0 Å². The molecule has 0 amide bonds. The minimum Gasteiger partial charge on any atom is -0.397 e. The lowest BCUT2D eigenvalue weighted by molar-refractivity contribution is 0.617. The van der Waals surface area contributed by atoms with E-state index < -0.39 is 0 Å². The number of nitrogen functional groups attached to an aromatic ring is 1. The lowest BCUT2D eigenvalue weighted by Gasteiger charge is -2.07. The van der Waals surface area contributed by atoms with E-state index in [1.807, 2.05) is 0 Å². The fraction of sp³-hybridized carbons (Fsp3) is 0.571. The Morgan fingerprint density at radius 1 is 1.28 bits per heavy atom. The normalized spacial score (nSPS) is 10.0. The first-order valence-corrected chi connectivity index (χ1v) is 6.67. The van der Waals surface area contributed by atoms with E-state index in [2.05, 4.69) is 23.3 Å². The standard InChI is InChI=1S/C14H22N4/c1-2-3-4-5-6-7-8-17-14-12(10-15)9-13(16)11-18-14/h9,11H,2-8,16H2,1H3,(H,17,18). The van der Waals surface area contributed by atoms with Crippen molar-refractivity contribution in [2.45, 2.75) is 45.4 Å². The lowest BCUT2D eigenvalue weighted by atomic mass is 10.1. The maximum absolute atomic E-state index is 8.96. The molecule has 1 rings (SSSR count). The minimum atomic E-state index is 0.515. The van der Waals surface area contributed by atoms with Crippen LogP contribution in [0.4, 0.5) is 11.5 Å². The van der Waals surface area contributed by atoms with Crippen molar-refractivity contribution in [3.05, 3.63) is 17.8 Å². The summed E-state index contributed by atoms with van der Waals surface area (Å²) in [5, 5.41) is 12.2. The van der Waals surface area contributed by atoms with E-state index in [0.717, 1.165) is 13.0 Å². The van der Waals surface area contributed by atoms with Gasteiger partial charge in [0, 0.05) is 6.54 Å². The predicted molar refractivity (Wildman–Crippen MR) is 75.2 cm³/mol. The van der Waals surface area contributed by atoms with Crippen LogP contribution in [0.2, 0.25) is 0 Å². The molecule has 0 bridgehead atoms. The highest BCUT2D eigenvalue weighted by molar-refractivity contribution is 5.57. The van der Waals surface area contributed by atoms with Gasteiger partial charge in [-0.3, -0.25) is 0 Å². The molecule has 0 spiro atoms. The van der Waals surface area contributed by atoms with Crippen molar-refractivity contribution < 1.29 is 0 Å². The topological polar surface area (TPSA) is 74.7 Å². The quantitative estimate of drug-likeness (QED) is 0.690. The van der Waals surface area contributed by atoms with Crippen LogP contribution >= 0.6 is 0 Å². The molecule has 0 aliphatic rings. The summed E-state index contributed by atoms with van der Waals surface area (Å²) in [7, 11) is 0. The van der Waals surface area contributed by atoms with E-state index in [1.165, 1.54) is 32.1 Å². The SMILES string of the molecule is CCCCCCCCNc1ncc(N)cc1C#N. The number of rotatable bonds is 8. The highest BCUT2D eigenvalue weighted by atomic mass is 15.0. The molecule has 1 aromatic heterocycles. The molecule has 0 saturated carbocycles. The summed E-state index contributed by atoms with van der Waals surface area (Å²) < 4.78 is 0. The van der Waals surface area contributed by atoms with Crippen LogP contribution in [-0.2, 0) is 0 Å².